The summed E-state index contributed by atoms with van der Waals surface area (Å²) < 4.78 is 32.0. The lowest BCUT2D eigenvalue weighted by Gasteiger charge is -2.26. The molecule has 0 spiro atoms. The van der Waals surface area contributed by atoms with Crippen molar-refractivity contribution in [2.75, 3.05) is 38.2 Å². The van der Waals surface area contributed by atoms with Crippen molar-refractivity contribution in [2.24, 2.45) is 0 Å². The molecule has 0 aromatic heterocycles. The first-order valence-corrected chi connectivity index (χ1v) is 12.2. The van der Waals surface area contributed by atoms with Crippen LogP contribution in [0.15, 0.2) is 53.4 Å². The van der Waals surface area contributed by atoms with Crippen molar-refractivity contribution in [1.82, 2.24) is 9.62 Å². The molecular weight excluding hydrogens is 430 g/mol. The van der Waals surface area contributed by atoms with Gasteiger partial charge < -0.3 is 15.4 Å². The van der Waals surface area contributed by atoms with Crippen molar-refractivity contribution in [3.05, 3.63) is 59.7 Å². The number of ether oxygens (including phenoxy) is 1. The van der Waals surface area contributed by atoms with Crippen LogP contribution in [-0.4, -0.2) is 57.4 Å². The lowest BCUT2D eigenvalue weighted by atomic mass is 10.1. The van der Waals surface area contributed by atoms with E-state index in [2.05, 4.69) is 10.6 Å². The molecule has 0 radical (unpaired) electrons. The molecule has 1 aliphatic heterocycles. The molecule has 9 heteroatoms. The van der Waals surface area contributed by atoms with E-state index >= 15 is 0 Å². The average molecular weight is 460 g/mol. The van der Waals surface area contributed by atoms with Crippen molar-refractivity contribution < 1.29 is 22.7 Å². The first-order valence-electron chi connectivity index (χ1n) is 10.7. The SMILES string of the molecule is CCCNC(=O)c1ccc(NC(=O)CCc2ccc(S(=O)(=O)N3CCOCC3)cc2)cc1. The number of morpholine rings is 1. The number of hydrogen-bond donors (Lipinski definition) is 2. The molecule has 2 aromatic rings. The van der Waals surface area contributed by atoms with Crippen LogP contribution in [0.25, 0.3) is 0 Å². The lowest BCUT2D eigenvalue weighted by Crippen LogP contribution is -2.40. The van der Waals surface area contributed by atoms with E-state index in [4.69, 9.17) is 4.74 Å². The molecular formula is C23H29N3O5S. The Kier molecular flexibility index (Phi) is 8.38. The van der Waals surface area contributed by atoms with Crippen molar-refractivity contribution >= 4 is 27.5 Å². The summed E-state index contributed by atoms with van der Waals surface area (Å²) in [5, 5.41) is 5.62. The van der Waals surface area contributed by atoms with E-state index in [0.717, 1.165) is 12.0 Å². The molecule has 2 aromatic carbocycles. The van der Waals surface area contributed by atoms with Crippen LogP contribution in [0.4, 0.5) is 5.69 Å². The fourth-order valence-corrected chi connectivity index (χ4v) is 4.70. The Hall–Kier alpha value is -2.75. The van der Waals surface area contributed by atoms with Gasteiger partial charge in [0.1, 0.15) is 0 Å². The predicted octanol–water partition coefficient (Wildman–Crippen LogP) is 2.42. The number of aryl methyl sites for hydroxylation is 1. The third-order valence-electron chi connectivity index (χ3n) is 5.14. The van der Waals surface area contributed by atoms with Crippen LogP contribution < -0.4 is 10.6 Å². The van der Waals surface area contributed by atoms with Gasteiger partial charge >= 0.3 is 0 Å². The van der Waals surface area contributed by atoms with E-state index in [0.29, 0.717) is 50.5 Å². The maximum absolute atomic E-state index is 12.7. The van der Waals surface area contributed by atoms with Gasteiger partial charge in [-0.1, -0.05) is 19.1 Å². The third kappa shape index (κ3) is 6.38. The number of nitrogens with one attached hydrogen (secondary N) is 2. The van der Waals surface area contributed by atoms with Gasteiger partial charge in [0.15, 0.2) is 0 Å². The number of rotatable bonds is 9. The minimum absolute atomic E-state index is 0.135. The fourth-order valence-electron chi connectivity index (χ4n) is 3.29. The van der Waals surface area contributed by atoms with Gasteiger partial charge in [-0.2, -0.15) is 4.31 Å². The van der Waals surface area contributed by atoms with Gasteiger partial charge in [-0.15, -0.1) is 0 Å². The summed E-state index contributed by atoms with van der Waals surface area (Å²) in [6.07, 6.45) is 1.61. The van der Waals surface area contributed by atoms with Gasteiger partial charge in [0.05, 0.1) is 18.1 Å². The molecule has 0 bridgehead atoms. The summed E-state index contributed by atoms with van der Waals surface area (Å²) in [6.45, 7) is 4.13. The molecule has 32 heavy (non-hydrogen) atoms. The summed E-state index contributed by atoms with van der Waals surface area (Å²) in [5.41, 5.74) is 2.04. The van der Waals surface area contributed by atoms with Crippen LogP contribution in [0, 0.1) is 0 Å². The van der Waals surface area contributed by atoms with Crippen molar-refractivity contribution in [3.8, 4) is 0 Å². The second-order valence-corrected chi connectivity index (χ2v) is 9.48. The van der Waals surface area contributed by atoms with Crippen LogP contribution in [-0.2, 0) is 26.0 Å². The minimum Gasteiger partial charge on any atom is -0.379 e. The molecule has 1 fully saturated rings. The Morgan fingerprint density at radius 2 is 1.66 bits per heavy atom. The third-order valence-corrected chi connectivity index (χ3v) is 7.05. The van der Waals surface area contributed by atoms with Gasteiger partial charge in [0.25, 0.3) is 5.91 Å². The van der Waals surface area contributed by atoms with Crippen LogP contribution in [0.3, 0.4) is 0 Å². The number of nitrogens with zero attached hydrogens (tertiary/aromatic N) is 1. The Morgan fingerprint density at radius 1 is 1.00 bits per heavy atom. The molecule has 0 saturated carbocycles. The largest absolute Gasteiger partial charge is 0.379 e. The zero-order valence-electron chi connectivity index (χ0n) is 18.2. The Morgan fingerprint density at radius 3 is 2.28 bits per heavy atom. The highest BCUT2D eigenvalue weighted by Crippen LogP contribution is 2.18. The summed E-state index contributed by atoms with van der Waals surface area (Å²) >= 11 is 0. The molecule has 2 N–H and O–H groups in total. The van der Waals surface area contributed by atoms with E-state index in [9.17, 15) is 18.0 Å². The quantitative estimate of drug-likeness (QED) is 0.599. The standard InChI is InChI=1S/C23H29N3O5S/c1-2-13-24-23(28)19-6-8-20(9-7-19)25-22(27)12-5-18-3-10-21(11-4-18)32(29,30)26-14-16-31-17-15-26/h3-4,6-11H,2,5,12-17H2,1H3,(H,24,28)(H,25,27). The van der Waals surface area contributed by atoms with Gasteiger partial charge in [-0.05, 0) is 54.8 Å². The normalized spacial score (nSPS) is 14.7. The van der Waals surface area contributed by atoms with Gasteiger partial charge in [-0.25, -0.2) is 8.42 Å². The molecule has 8 nitrogen and oxygen atoms in total. The summed E-state index contributed by atoms with van der Waals surface area (Å²) in [4.78, 5) is 24.4. The molecule has 3 rings (SSSR count). The Bertz CT molecular complexity index is 1010. The Labute approximate surface area is 189 Å². The van der Waals surface area contributed by atoms with Crippen LogP contribution in [0.2, 0.25) is 0 Å². The maximum Gasteiger partial charge on any atom is 0.251 e. The molecule has 0 aliphatic carbocycles. The highest BCUT2D eigenvalue weighted by atomic mass is 32.2. The van der Waals surface area contributed by atoms with Gasteiger partial charge in [0.2, 0.25) is 15.9 Å². The van der Waals surface area contributed by atoms with Crippen molar-refractivity contribution in [2.45, 2.75) is 31.1 Å². The number of carbonyl (C=O) groups is 2. The molecule has 0 unspecified atom stereocenters. The number of hydrogen-bond acceptors (Lipinski definition) is 5. The van der Waals surface area contributed by atoms with E-state index in [1.807, 2.05) is 6.92 Å². The van der Waals surface area contributed by atoms with Gasteiger partial charge in [-0.3, -0.25) is 9.59 Å². The molecule has 2 amide bonds. The van der Waals surface area contributed by atoms with Crippen LogP contribution >= 0.6 is 0 Å². The molecule has 1 heterocycles. The number of benzene rings is 2. The topological polar surface area (TPSA) is 105 Å². The molecule has 1 saturated heterocycles. The van der Waals surface area contributed by atoms with Gasteiger partial charge in [0, 0.05) is 37.3 Å². The first-order chi connectivity index (χ1) is 15.4. The van der Waals surface area contributed by atoms with Crippen LogP contribution in [0.5, 0.6) is 0 Å². The summed E-state index contributed by atoms with van der Waals surface area (Å²) in [5.74, 6) is -0.290. The maximum atomic E-state index is 12.7. The second-order valence-electron chi connectivity index (χ2n) is 7.54. The highest BCUT2D eigenvalue weighted by Gasteiger charge is 2.26. The highest BCUT2D eigenvalue weighted by molar-refractivity contribution is 7.89. The number of sulfonamides is 1. The van der Waals surface area contributed by atoms with E-state index in [1.54, 1.807) is 48.5 Å². The second kappa shape index (κ2) is 11.2. The average Bonchev–Trinajstić information content (AvgIpc) is 2.82. The Balaban J connectivity index is 1.50. The van der Waals surface area contributed by atoms with E-state index in [-0.39, 0.29) is 23.1 Å². The summed E-state index contributed by atoms with van der Waals surface area (Å²) in [7, 11) is -3.52. The zero-order chi connectivity index (χ0) is 23.0. The lowest BCUT2D eigenvalue weighted by molar-refractivity contribution is -0.116. The monoisotopic (exact) mass is 459 g/mol. The number of anilines is 1. The van der Waals surface area contributed by atoms with Crippen molar-refractivity contribution in [3.63, 3.8) is 0 Å². The van der Waals surface area contributed by atoms with E-state index in [1.165, 1.54) is 4.31 Å². The van der Waals surface area contributed by atoms with Crippen molar-refractivity contribution in [1.29, 1.82) is 0 Å². The molecule has 172 valence electrons. The first kappa shape index (κ1) is 23.9. The number of amides is 2. The molecule has 1 aliphatic rings. The predicted molar refractivity (Wildman–Crippen MR) is 122 cm³/mol. The number of carbonyl (C=O) groups excluding carboxylic acids is 2. The zero-order valence-corrected chi connectivity index (χ0v) is 19.0. The summed E-state index contributed by atoms with van der Waals surface area (Å²) in [6, 6.07) is 13.4. The fraction of sp³-hybridized carbons (Fsp3) is 0.391. The van der Waals surface area contributed by atoms with E-state index < -0.39 is 10.0 Å². The molecule has 0 atom stereocenters. The van der Waals surface area contributed by atoms with Crippen LogP contribution in [0.1, 0.15) is 35.7 Å². The smallest absolute Gasteiger partial charge is 0.251 e. The minimum atomic E-state index is -3.52.